The van der Waals surface area contributed by atoms with Crippen molar-refractivity contribution in [3.05, 3.63) is 47.2 Å². The van der Waals surface area contributed by atoms with E-state index < -0.39 is 28.0 Å². The van der Waals surface area contributed by atoms with Crippen LogP contribution in [0.4, 0.5) is 13.2 Å². The molecule has 20 heavy (non-hydrogen) atoms. The second-order valence-electron chi connectivity index (χ2n) is 3.64. The van der Waals surface area contributed by atoms with E-state index in [1.807, 2.05) is 0 Å². The van der Waals surface area contributed by atoms with Crippen molar-refractivity contribution >= 4 is 21.7 Å². The van der Waals surface area contributed by atoms with Crippen LogP contribution >= 0.6 is 11.6 Å². The lowest BCUT2D eigenvalue weighted by molar-refractivity contribution is -0.0529. The molecule has 0 unspecified atom stereocenters. The van der Waals surface area contributed by atoms with Gasteiger partial charge in [0.05, 0.1) is 6.61 Å². The molecule has 0 N–H and O–H groups in total. The van der Waals surface area contributed by atoms with Gasteiger partial charge in [0.1, 0.15) is 12.4 Å². The molecule has 0 aromatic heterocycles. The van der Waals surface area contributed by atoms with Crippen molar-refractivity contribution < 1.29 is 30.5 Å². The van der Waals surface area contributed by atoms with Crippen LogP contribution < -0.4 is 0 Å². The first-order chi connectivity index (χ1) is 9.12. The van der Waals surface area contributed by atoms with Crippen LogP contribution in [0.5, 0.6) is 0 Å². The highest BCUT2D eigenvalue weighted by molar-refractivity contribution is 7.87. The zero-order valence-electron chi connectivity index (χ0n) is 9.98. The van der Waals surface area contributed by atoms with E-state index in [1.165, 1.54) is 0 Å². The minimum atomic E-state index is -5.69. The Balaban J connectivity index is 2.43. The highest BCUT2D eigenvalue weighted by Crippen LogP contribution is 2.26. The van der Waals surface area contributed by atoms with Gasteiger partial charge in [-0.2, -0.15) is 21.6 Å². The lowest BCUT2D eigenvalue weighted by Crippen LogP contribution is -2.25. The molecule has 0 saturated heterocycles. The van der Waals surface area contributed by atoms with Crippen molar-refractivity contribution in [1.82, 2.24) is 0 Å². The maximum atomic E-state index is 12.0. The first-order valence-corrected chi connectivity index (χ1v) is 6.91. The van der Waals surface area contributed by atoms with E-state index in [9.17, 15) is 21.6 Å². The third kappa shape index (κ3) is 5.03. The summed E-state index contributed by atoms with van der Waals surface area (Å²) in [5.41, 5.74) is -4.78. The zero-order valence-corrected chi connectivity index (χ0v) is 11.6. The molecule has 4 nitrogen and oxygen atoms in total. The van der Waals surface area contributed by atoms with Crippen LogP contribution in [0.1, 0.15) is 5.56 Å². The van der Waals surface area contributed by atoms with E-state index in [1.54, 1.807) is 24.3 Å². The fourth-order valence-electron chi connectivity index (χ4n) is 1.09. The normalized spacial score (nSPS) is 12.2. The van der Waals surface area contributed by atoms with Gasteiger partial charge < -0.3 is 8.92 Å². The molecule has 112 valence electrons. The highest BCUT2D eigenvalue weighted by atomic mass is 35.5. The minimum absolute atomic E-state index is 0.0472. The second kappa shape index (κ2) is 6.47. The van der Waals surface area contributed by atoms with Gasteiger partial charge in [0, 0.05) is 5.02 Å². The van der Waals surface area contributed by atoms with Crippen molar-refractivity contribution in [3.63, 3.8) is 0 Å². The first-order valence-electron chi connectivity index (χ1n) is 5.12. The molecule has 1 aromatic carbocycles. The summed E-state index contributed by atoms with van der Waals surface area (Å²) in [4.78, 5) is 0. The number of hydrogen-bond acceptors (Lipinski definition) is 4. The minimum Gasteiger partial charge on any atom is -0.379 e. The monoisotopic (exact) mass is 330 g/mol. The van der Waals surface area contributed by atoms with Crippen molar-refractivity contribution in [3.8, 4) is 0 Å². The predicted molar refractivity (Wildman–Crippen MR) is 66.3 cm³/mol. The van der Waals surface area contributed by atoms with Gasteiger partial charge in [0.15, 0.2) is 0 Å². The molecule has 0 aliphatic heterocycles. The van der Waals surface area contributed by atoms with E-state index in [0.29, 0.717) is 10.6 Å². The van der Waals surface area contributed by atoms with Crippen LogP contribution in [0.25, 0.3) is 0 Å². The second-order valence-corrected chi connectivity index (χ2v) is 5.62. The number of hydrogen-bond donors (Lipinski definition) is 0. The Hall–Kier alpha value is -1.25. The largest absolute Gasteiger partial charge is 0.534 e. The standard InChI is InChI=1S/C11H10ClF3O4S/c1-8(19-20(16,17)11(13,14)15)6-18-7-9-2-4-10(12)5-3-9/h2-5H,1,6-7H2. The van der Waals surface area contributed by atoms with Gasteiger partial charge in [0.2, 0.25) is 0 Å². The summed E-state index contributed by atoms with van der Waals surface area (Å²) in [6.07, 6.45) is 0. The Bertz CT molecular complexity index is 566. The molecule has 1 rings (SSSR count). The summed E-state index contributed by atoms with van der Waals surface area (Å²) in [6.45, 7) is 2.61. The summed E-state index contributed by atoms with van der Waals surface area (Å²) in [5, 5.41) is 0.526. The smallest absolute Gasteiger partial charge is 0.379 e. The number of alkyl halides is 3. The molecule has 0 saturated carbocycles. The Morgan fingerprint density at radius 2 is 1.80 bits per heavy atom. The van der Waals surface area contributed by atoms with E-state index in [4.69, 9.17) is 16.3 Å². The van der Waals surface area contributed by atoms with Crippen LogP contribution in [0, 0.1) is 0 Å². The average Bonchev–Trinajstić information content (AvgIpc) is 2.29. The first kappa shape index (κ1) is 16.8. The average molecular weight is 331 g/mol. The third-order valence-corrected chi connectivity index (χ3v) is 3.23. The number of ether oxygens (including phenoxy) is 1. The summed E-state index contributed by atoms with van der Waals surface area (Å²) in [6, 6.07) is 6.52. The van der Waals surface area contributed by atoms with Gasteiger partial charge in [0.25, 0.3) is 0 Å². The molecule has 0 amide bonds. The summed E-state index contributed by atoms with van der Waals surface area (Å²) in [5.74, 6) is -0.656. The fourth-order valence-corrected chi connectivity index (χ4v) is 1.67. The lowest BCUT2D eigenvalue weighted by Gasteiger charge is -2.11. The molecule has 0 bridgehead atoms. The quantitative estimate of drug-likeness (QED) is 0.456. The van der Waals surface area contributed by atoms with Crippen molar-refractivity contribution in [1.29, 1.82) is 0 Å². The Labute approximate surface area is 118 Å². The maximum absolute atomic E-state index is 12.0. The van der Waals surface area contributed by atoms with Gasteiger partial charge in [-0.25, -0.2) is 0 Å². The topological polar surface area (TPSA) is 52.6 Å². The van der Waals surface area contributed by atoms with Crippen LogP contribution in [-0.4, -0.2) is 20.5 Å². The van der Waals surface area contributed by atoms with E-state index in [2.05, 4.69) is 10.8 Å². The molecule has 0 heterocycles. The molecule has 0 radical (unpaired) electrons. The highest BCUT2D eigenvalue weighted by Gasteiger charge is 2.48. The lowest BCUT2D eigenvalue weighted by atomic mass is 10.2. The van der Waals surface area contributed by atoms with E-state index >= 15 is 0 Å². The molecule has 0 atom stereocenters. The molecule has 9 heteroatoms. The van der Waals surface area contributed by atoms with Gasteiger partial charge in [-0.15, -0.1) is 0 Å². The van der Waals surface area contributed by atoms with Crippen LogP contribution in [0.3, 0.4) is 0 Å². The molecule has 0 aliphatic rings. The zero-order chi connectivity index (χ0) is 15.4. The van der Waals surface area contributed by atoms with Crippen LogP contribution in [0.2, 0.25) is 5.02 Å². The molecular formula is C11H10ClF3O4S. The molecular weight excluding hydrogens is 321 g/mol. The SMILES string of the molecule is C=C(COCc1ccc(Cl)cc1)OS(=O)(=O)C(F)(F)F. The molecule has 0 aliphatic carbocycles. The van der Waals surface area contributed by atoms with Crippen molar-refractivity contribution in [2.45, 2.75) is 12.1 Å². The molecule has 0 spiro atoms. The summed E-state index contributed by atoms with van der Waals surface area (Å²) >= 11 is 5.66. The van der Waals surface area contributed by atoms with Crippen LogP contribution in [0.15, 0.2) is 36.6 Å². The predicted octanol–water partition coefficient (Wildman–Crippen LogP) is 3.24. The molecule has 0 fully saturated rings. The van der Waals surface area contributed by atoms with Crippen LogP contribution in [-0.2, 0) is 25.6 Å². The van der Waals surface area contributed by atoms with Crippen molar-refractivity contribution in [2.24, 2.45) is 0 Å². The van der Waals surface area contributed by atoms with Gasteiger partial charge >= 0.3 is 15.6 Å². The Morgan fingerprint density at radius 1 is 1.25 bits per heavy atom. The van der Waals surface area contributed by atoms with Gasteiger partial charge in [-0.05, 0) is 17.7 Å². The maximum Gasteiger partial charge on any atom is 0.534 e. The number of rotatable bonds is 6. The van der Waals surface area contributed by atoms with Crippen molar-refractivity contribution in [2.75, 3.05) is 6.61 Å². The summed E-state index contributed by atoms with van der Waals surface area (Å²) in [7, 11) is -5.69. The third-order valence-electron chi connectivity index (χ3n) is 1.96. The number of halogens is 4. The Morgan fingerprint density at radius 3 is 2.30 bits per heavy atom. The van der Waals surface area contributed by atoms with E-state index in [-0.39, 0.29) is 6.61 Å². The van der Waals surface area contributed by atoms with Gasteiger partial charge in [-0.1, -0.05) is 30.3 Å². The summed E-state index contributed by atoms with van der Waals surface area (Å²) < 4.78 is 66.1. The Kier molecular flexibility index (Phi) is 5.43. The fraction of sp³-hybridized carbons (Fsp3) is 0.273. The van der Waals surface area contributed by atoms with E-state index in [0.717, 1.165) is 0 Å². The number of benzene rings is 1. The van der Waals surface area contributed by atoms with Gasteiger partial charge in [-0.3, -0.25) is 0 Å². The molecule has 1 aromatic rings.